The summed E-state index contributed by atoms with van der Waals surface area (Å²) < 4.78 is 10.9. The zero-order chi connectivity index (χ0) is 14.4. The predicted molar refractivity (Wildman–Crippen MR) is 78.4 cm³/mol. The largest absolute Gasteiger partial charge is 0.493 e. The molecule has 0 amide bonds. The predicted octanol–water partition coefficient (Wildman–Crippen LogP) is 4.00. The van der Waals surface area contributed by atoms with Crippen molar-refractivity contribution in [2.24, 2.45) is 0 Å². The standard InChI is InChI=1S/C17H18O3/c1-3-12-19-16-7-5-4-6-15(16)17(18)20-14-10-8-13(2)9-11-14/h4-11H,3,12H2,1-2H3. The molecule has 0 N–H and O–H groups in total. The first kappa shape index (κ1) is 14.1. The fraction of sp³-hybridized carbons (Fsp3) is 0.235. The first-order valence-corrected chi connectivity index (χ1v) is 6.71. The molecule has 2 aromatic rings. The minimum absolute atomic E-state index is 0.402. The van der Waals surface area contributed by atoms with Crippen molar-refractivity contribution in [2.45, 2.75) is 20.3 Å². The molecule has 0 aliphatic rings. The number of esters is 1. The van der Waals surface area contributed by atoms with Gasteiger partial charge < -0.3 is 9.47 Å². The molecule has 0 atom stereocenters. The van der Waals surface area contributed by atoms with Gasteiger partial charge in [-0.05, 0) is 37.6 Å². The number of rotatable bonds is 5. The molecule has 0 spiro atoms. The first-order valence-electron chi connectivity index (χ1n) is 6.71. The van der Waals surface area contributed by atoms with Gasteiger partial charge in [-0.1, -0.05) is 36.8 Å². The summed E-state index contributed by atoms with van der Waals surface area (Å²) in [6, 6.07) is 14.5. The lowest BCUT2D eigenvalue weighted by Gasteiger charge is -2.10. The molecule has 104 valence electrons. The highest BCUT2D eigenvalue weighted by Gasteiger charge is 2.14. The second-order valence-electron chi connectivity index (χ2n) is 4.55. The van der Waals surface area contributed by atoms with E-state index >= 15 is 0 Å². The monoisotopic (exact) mass is 270 g/mol. The summed E-state index contributed by atoms with van der Waals surface area (Å²) in [5, 5.41) is 0. The maximum absolute atomic E-state index is 12.2. The number of hydrogen-bond donors (Lipinski definition) is 0. The van der Waals surface area contributed by atoms with E-state index in [2.05, 4.69) is 0 Å². The van der Waals surface area contributed by atoms with Crippen LogP contribution in [0.3, 0.4) is 0 Å². The van der Waals surface area contributed by atoms with Crippen molar-refractivity contribution in [1.82, 2.24) is 0 Å². The lowest BCUT2D eigenvalue weighted by Crippen LogP contribution is -2.11. The van der Waals surface area contributed by atoms with Gasteiger partial charge in [-0.3, -0.25) is 0 Å². The highest BCUT2D eigenvalue weighted by atomic mass is 16.5. The minimum atomic E-state index is -0.402. The molecular weight excluding hydrogens is 252 g/mol. The molecule has 0 bridgehead atoms. The van der Waals surface area contributed by atoms with Gasteiger partial charge in [0.2, 0.25) is 0 Å². The number of hydrogen-bond acceptors (Lipinski definition) is 3. The van der Waals surface area contributed by atoms with Gasteiger partial charge in [0.05, 0.1) is 6.61 Å². The molecule has 0 heterocycles. The van der Waals surface area contributed by atoms with E-state index in [0.717, 1.165) is 12.0 Å². The van der Waals surface area contributed by atoms with Gasteiger partial charge in [0, 0.05) is 0 Å². The van der Waals surface area contributed by atoms with Crippen LogP contribution in [0.2, 0.25) is 0 Å². The van der Waals surface area contributed by atoms with Crippen LogP contribution in [0.1, 0.15) is 29.3 Å². The van der Waals surface area contributed by atoms with Gasteiger partial charge in [-0.25, -0.2) is 4.79 Å². The van der Waals surface area contributed by atoms with Crippen molar-refractivity contribution in [3.05, 3.63) is 59.7 Å². The van der Waals surface area contributed by atoms with Crippen molar-refractivity contribution < 1.29 is 14.3 Å². The van der Waals surface area contributed by atoms with E-state index in [4.69, 9.17) is 9.47 Å². The summed E-state index contributed by atoms with van der Waals surface area (Å²) in [4.78, 5) is 12.2. The molecule has 0 saturated carbocycles. The minimum Gasteiger partial charge on any atom is -0.493 e. The quantitative estimate of drug-likeness (QED) is 0.608. The number of benzene rings is 2. The van der Waals surface area contributed by atoms with E-state index in [-0.39, 0.29) is 0 Å². The van der Waals surface area contributed by atoms with Crippen LogP contribution >= 0.6 is 0 Å². The Hall–Kier alpha value is -2.29. The van der Waals surface area contributed by atoms with E-state index in [9.17, 15) is 4.79 Å². The molecule has 0 radical (unpaired) electrons. The second kappa shape index (κ2) is 6.75. The fourth-order valence-electron chi connectivity index (χ4n) is 1.74. The maximum atomic E-state index is 12.2. The van der Waals surface area contributed by atoms with Crippen LogP contribution in [0, 0.1) is 6.92 Å². The van der Waals surface area contributed by atoms with Crippen LogP contribution in [-0.2, 0) is 0 Å². The Balaban J connectivity index is 2.14. The van der Waals surface area contributed by atoms with Crippen molar-refractivity contribution in [3.8, 4) is 11.5 Å². The highest BCUT2D eigenvalue weighted by Crippen LogP contribution is 2.21. The normalized spacial score (nSPS) is 10.1. The third kappa shape index (κ3) is 3.60. The summed E-state index contributed by atoms with van der Waals surface area (Å²) in [5.74, 6) is 0.693. The van der Waals surface area contributed by atoms with Crippen molar-refractivity contribution in [3.63, 3.8) is 0 Å². The molecule has 2 aromatic carbocycles. The second-order valence-corrected chi connectivity index (χ2v) is 4.55. The summed E-state index contributed by atoms with van der Waals surface area (Å²) in [6.45, 7) is 4.58. The summed E-state index contributed by atoms with van der Waals surface area (Å²) in [7, 11) is 0. The highest BCUT2D eigenvalue weighted by molar-refractivity contribution is 5.93. The Morgan fingerprint density at radius 3 is 2.45 bits per heavy atom. The smallest absolute Gasteiger partial charge is 0.347 e. The Morgan fingerprint density at radius 2 is 1.75 bits per heavy atom. The Kier molecular flexibility index (Phi) is 4.77. The number of ether oxygens (including phenoxy) is 2. The summed E-state index contributed by atoms with van der Waals surface area (Å²) in [5.41, 5.74) is 1.57. The molecule has 20 heavy (non-hydrogen) atoms. The van der Waals surface area contributed by atoms with E-state index < -0.39 is 5.97 Å². The van der Waals surface area contributed by atoms with Crippen LogP contribution in [0.5, 0.6) is 11.5 Å². The van der Waals surface area contributed by atoms with Crippen LogP contribution in [-0.4, -0.2) is 12.6 Å². The number of aryl methyl sites for hydroxylation is 1. The van der Waals surface area contributed by atoms with E-state index in [1.807, 2.05) is 32.0 Å². The van der Waals surface area contributed by atoms with Gasteiger partial charge in [-0.15, -0.1) is 0 Å². The zero-order valence-corrected chi connectivity index (χ0v) is 11.8. The SMILES string of the molecule is CCCOc1ccccc1C(=O)Oc1ccc(C)cc1. The Labute approximate surface area is 119 Å². The van der Waals surface area contributed by atoms with Crippen molar-refractivity contribution >= 4 is 5.97 Å². The van der Waals surface area contributed by atoms with Crippen molar-refractivity contribution in [1.29, 1.82) is 0 Å². The topological polar surface area (TPSA) is 35.5 Å². The van der Waals surface area contributed by atoms with E-state index in [1.165, 1.54) is 0 Å². The molecule has 3 heteroatoms. The molecule has 0 unspecified atom stereocenters. The molecule has 0 aromatic heterocycles. The summed E-state index contributed by atoms with van der Waals surface area (Å²) in [6.07, 6.45) is 0.890. The van der Waals surface area contributed by atoms with Gasteiger partial charge >= 0.3 is 5.97 Å². The van der Waals surface area contributed by atoms with Crippen LogP contribution < -0.4 is 9.47 Å². The molecule has 0 fully saturated rings. The zero-order valence-electron chi connectivity index (χ0n) is 11.8. The molecule has 0 saturated heterocycles. The molecule has 0 aliphatic carbocycles. The number of carbonyl (C=O) groups excluding carboxylic acids is 1. The molecule has 0 aliphatic heterocycles. The number of para-hydroxylation sites is 1. The van der Waals surface area contributed by atoms with Gasteiger partial charge in [0.25, 0.3) is 0 Å². The Bertz CT molecular complexity index is 573. The molecular formula is C17H18O3. The lowest BCUT2D eigenvalue weighted by atomic mass is 10.2. The van der Waals surface area contributed by atoms with Crippen LogP contribution in [0.15, 0.2) is 48.5 Å². The van der Waals surface area contributed by atoms with Crippen LogP contribution in [0.4, 0.5) is 0 Å². The molecule has 2 rings (SSSR count). The van der Waals surface area contributed by atoms with Gasteiger partial charge in [-0.2, -0.15) is 0 Å². The molecule has 3 nitrogen and oxygen atoms in total. The average Bonchev–Trinajstić information content (AvgIpc) is 2.47. The van der Waals surface area contributed by atoms with E-state index in [1.54, 1.807) is 30.3 Å². The van der Waals surface area contributed by atoms with Crippen molar-refractivity contribution in [2.75, 3.05) is 6.61 Å². The lowest BCUT2D eigenvalue weighted by molar-refractivity contribution is 0.0730. The third-order valence-corrected chi connectivity index (χ3v) is 2.80. The Morgan fingerprint density at radius 1 is 1.05 bits per heavy atom. The van der Waals surface area contributed by atoms with Gasteiger partial charge in [0.1, 0.15) is 17.1 Å². The number of carbonyl (C=O) groups is 1. The summed E-state index contributed by atoms with van der Waals surface area (Å²) >= 11 is 0. The van der Waals surface area contributed by atoms with Crippen LogP contribution in [0.25, 0.3) is 0 Å². The maximum Gasteiger partial charge on any atom is 0.347 e. The average molecular weight is 270 g/mol. The van der Waals surface area contributed by atoms with E-state index in [0.29, 0.717) is 23.7 Å². The van der Waals surface area contributed by atoms with Gasteiger partial charge in [0.15, 0.2) is 0 Å². The fourth-order valence-corrected chi connectivity index (χ4v) is 1.74. The first-order chi connectivity index (χ1) is 9.70. The third-order valence-electron chi connectivity index (χ3n) is 2.80.